The molecule has 0 spiro atoms. The number of nitrogens with one attached hydrogen (secondary N) is 3. The van der Waals surface area contributed by atoms with Crippen molar-refractivity contribution in [2.24, 2.45) is 5.92 Å². The molecule has 5 rings (SSSR count). The van der Waals surface area contributed by atoms with Gasteiger partial charge >= 0.3 is 0 Å². The molecule has 5 nitrogen and oxygen atoms in total. The van der Waals surface area contributed by atoms with E-state index in [9.17, 15) is 9.90 Å². The first-order chi connectivity index (χ1) is 14.1. The summed E-state index contributed by atoms with van der Waals surface area (Å²) in [7, 11) is 0. The number of phenols is 1. The lowest BCUT2D eigenvalue weighted by molar-refractivity contribution is -0.114. The lowest BCUT2D eigenvalue weighted by atomic mass is 9.53. The van der Waals surface area contributed by atoms with Crippen LogP contribution >= 0.6 is 0 Å². The summed E-state index contributed by atoms with van der Waals surface area (Å²) in [5.74, 6) is 0.864. The van der Waals surface area contributed by atoms with Gasteiger partial charge in [-0.15, -0.1) is 0 Å². The molecule has 0 radical (unpaired) electrons. The molecule has 152 valence electrons. The van der Waals surface area contributed by atoms with Crippen LogP contribution in [0.3, 0.4) is 0 Å². The Balaban J connectivity index is 1.53. The summed E-state index contributed by atoms with van der Waals surface area (Å²) in [5.41, 5.74) is 5.13. The van der Waals surface area contributed by atoms with Crippen molar-refractivity contribution in [3.05, 3.63) is 47.5 Å². The SMILES string of the molecule is CC(=O)Nc1ccccc1Nc1cc2c(cc1O)[C@@]13CCCC[C@H]1[C@@H](C2)NCC3. The van der Waals surface area contributed by atoms with Crippen LogP contribution in [-0.2, 0) is 16.6 Å². The molecule has 2 aliphatic carbocycles. The van der Waals surface area contributed by atoms with Crippen LogP contribution in [0.4, 0.5) is 17.1 Å². The lowest BCUT2D eigenvalue weighted by Gasteiger charge is -2.56. The number of hydrogen-bond acceptors (Lipinski definition) is 4. The highest BCUT2D eigenvalue weighted by molar-refractivity contribution is 5.93. The highest BCUT2D eigenvalue weighted by Gasteiger charge is 2.51. The van der Waals surface area contributed by atoms with E-state index in [0.29, 0.717) is 23.3 Å². The third-order valence-corrected chi connectivity index (χ3v) is 7.27. The average Bonchev–Trinajstić information content (AvgIpc) is 2.70. The minimum Gasteiger partial charge on any atom is -0.506 e. The van der Waals surface area contributed by atoms with Crippen molar-refractivity contribution in [3.63, 3.8) is 0 Å². The molecule has 0 unspecified atom stereocenters. The summed E-state index contributed by atoms with van der Waals surface area (Å²) in [6.45, 7) is 2.57. The Bertz CT molecular complexity index is 953. The minimum absolute atomic E-state index is 0.116. The summed E-state index contributed by atoms with van der Waals surface area (Å²) in [6.07, 6.45) is 7.32. The number of phenolic OH excluding ortho intramolecular Hbond substituents is 1. The Hall–Kier alpha value is -2.53. The van der Waals surface area contributed by atoms with E-state index >= 15 is 0 Å². The van der Waals surface area contributed by atoms with E-state index in [1.807, 2.05) is 30.3 Å². The number of carbonyl (C=O) groups is 1. The minimum atomic E-state index is -0.116. The maximum absolute atomic E-state index is 11.5. The number of aromatic hydroxyl groups is 1. The summed E-state index contributed by atoms with van der Waals surface area (Å²) in [5, 5.41) is 20.9. The van der Waals surface area contributed by atoms with Crippen molar-refractivity contribution >= 4 is 23.0 Å². The summed E-state index contributed by atoms with van der Waals surface area (Å²) < 4.78 is 0. The number of hydrogen-bond donors (Lipinski definition) is 4. The number of benzene rings is 2. The van der Waals surface area contributed by atoms with E-state index in [2.05, 4.69) is 22.0 Å². The van der Waals surface area contributed by atoms with E-state index < -0.39 is 0 Å². The van der Waals surface area contributed by atoms with Crippen molar-refractivity contribution in [2.75, 3.05) is 17.2 Å². The molecule has 3 atom stereocenters. The second-order valence-corrected chi connectivity index (χ2v) is 8.90. The highest BCUT2D eigenvalue weighted by Crippen LogP contribution is 2.55. The van der Waals surface area contributed by atoms with Gasteiger partial charge in [0.15, 0.2) is 0 Å². The molecule has 2 aromatic rings. The van der Waals surface area contributed by atoms with Crippen LogP contribution < -0.4 is 16.0 Å². The molecule has 2 fully saturated rings. The van der Waals surface area contributed by atoms with Crippen LogP contribution in [-0.4, -0.2) is 23.6 Å². The molecule has 1 amide bonds. The largest absolute Gasteiger partial charge is 0.506 e. The standard InChI is InChI=1S/C24H29N3O2/c1-15(28)26-19-7-2-3-8-20(19)27-22-13-16-12-21-17-6-4-5-9-24(17,10-11-25-21)18(16)14-23(22)29/h2-3,7-8,13-14,17,21,25,27,29H,4-6,9-12H2,1H3,(H,26,28)/t17-,21+,24+/m0/s1. The van der Waals surface area contributed by atoms with Gasteiger partial charge in [0.2, 0.25) is 5.91 Å². The lowest BCUT2D eigenvalue weighted by Crippen LogP contribution is -2.59. The number of amides is 1. The predicted octanol–water partition coefficient (Wildman–Crippen LogP) is 4.44. The van der Waals surface area contributed by atoms with Crippen molar-refractivity contribution in [1.29, 1.82) is 0 Å². The zero-order chi connectivity index (χ0) is 20.0. The number of para-hydroxylation sites is 2. The Morgan fingerprint density at radius 1 is 1.14 bits per heavy atom. The van der Waals surface area contributed by atoms with Gasteiger partial charge < -0.3 is 21.1 Å². The van der Waals surface area contributed by atoms with Gasteiger partial charge in [0.25, 0.3) is 0 Å². The third kappa shape index (κ3) is 3.08. The van der Waals surface area contributed by atoms with Crippen molar-refractivity contribution in [1.82, 2.24) is 5.32 Å². The van der Waals surface area contributed by atoms with Crippen LogP contribution in [0, 0.1) is 5.92 Å². The second kappa shape index (κ2) is 7.06. The van der Waals surface area contributed by atoms with Gasteiger partial charge in [-0.05, 0) is 73.5 Å². The maximum atomic E-state index is 11.5. The monoisotopic (exact) mass is 391 g/mol. The molecule has 2 bridgehead atoms. The number of anilines is 3. The Morgan fingerprint density at radius 3 is 2.79 bits per heavy atom. The smallest absolute Gasteiger partial charge is 0.221 e. The van der Waals surface area contributed by atoms with E-state index in [-0.39, 0.29) is 17.1 Å². The molecule has 4 N–H and O–H groups in total. The van der Waals surface area contributed by atoms with Crippen LogP contribution in [0.2, 0.25) is 0 Å². The highest BCUT2D eigenvalue weighted by atomic mass is 16.3. The van der Waals surface area contributed by atoms with Crippen LogP contribution in [0.5, 0.6) is 5.75 Å². The summed E-state index contributed by atoms with van der Waals surface area (Å²) in [6, 6.07) is 12.3. The molecule has 1 saturated carbocycles. The summed E-state index contributed by atoms with van der Waals surface area (Å²) in [4.78, 5) is 11.5. The molecule has 2 aromatic carbocycles. The first kappa shape index (κ1) is 18.5. The predicted molar refractivity (Wildman–Crippen MR) is 116 cm³/mol. The topological polar surface area (TPSA) is 73.4 Å². The third-order valence-electron chi connectivity index (χ3n) is 7.27. The molecule has 29 heavy (non-hydrogen) atoms. The molecular weight excluding hydrogens is 362 g/mol. The molecular formula is C24H29N3O2. The maximum Gasteiger partial charge on any atom is 0.221 e. The molecule has 1 heterocycles. The average molecular weight is 392 g/mol. The van der Waals surface area contributed by atoms with Crippen LogP contribution in [0.25, 0.3) is 0 Å². The van der Waals surface area contributed by atoms with Gasteiger partial charge in [-0.2, -0.15) is 0 Å². The molecule has 3 aliphatic rings. The molecule has 1 saturated heterocycles. The molecule has 1 aliphatic heterocycles. The van der Waals surface area contributed by atoms with Gasteiger partial charge in [0.05, 0.1) is 17.1 Å². The number of rotatable bonds is 3. The number of fused-ring (bicyclic) bond motifs is 1. The van der Waals surface area contributed by atoms with Crippen molar-refractivity contribution in [2.45, 2.75) is 56.9 Å². The fourth-order valence-electron chi connectivity index (χ4n) is 6.11. The van der Waals surface area contributed by atoms with E-state index in [0.717, 1.165) is 18.7 Å². The van der Waals surface area contributed by atoms with E-state index in [4.69, 9.17) is 0 Å². The number of carbonyl (C=O) groups excluding carboxylic acids is 1. The Kier molecular flexibility index (Phi) is 4.50. The van der Waals surface area contributed by atoms with Gasteiger partial charge in [-0.1, -0.05) is 25.0 Å². The first-order valence-corrected chi connectivity index (χ1v) is 10.8. The zero-order valence-electron chi connectivity index (χ0n) is 16.9. The van der Waals surface area contributed by atoms with Gasteiger partial charge in [0.1, 0.15) is 5.75 Å². The fraction of sp³-hybridized carbons (Fsp3) is 0.458. The molecule has 5 heteroatoms. The zero-order valence-corrected chi connectivity index (χ0v) is 16.9. The quantitative estimate of drug-likeness (QED) is 0.584. The van der Waals surface area contributed by atoms with Gasteiger partial charge in [-0.3, -0.25) is 4.79 Å². The second-order valence-electron chi connectivity index (χ2n) is 8.90. The normalized spacial score (nSPS) is 27.5. The first-order valence-electron chi connectivity index (χ1n) is 10.8. The molecule has 0 aromatic heterocycles. The number of piperidine rings is 1. The van der Waals surface area contributed by atoms with Crippen LogP contribution in [0.15, 0.2) is 36.4 Å². The van der Waals surface area contributed by atoms with Crippen molar-refractivity contribution < 1.29 is 9.90 Å². The Morgan fingerprint density at radius 2 is 1.97 bits per heavy atom. The fourth-order valence-corrected chi connectivity index (χ4v) is 6.11. The van der Waals surface area contributed by atoms with E-state index in [1.165, 1.54) is 50.2 Å². The Labute approximate surface area is 171 Å². The van der Waals surface area contributed by atoms with Gasteiger partial charge in [0, 0.05) is 18.4 Å². The summed E-state index contributed by atoms with van der Waals surface area (Å²) >= 11 is 0. The van der Waals surface area contributed by atoms with E-state index in [1.54, 1.807) is 0 Å². The van der Waals surface area contributed by atoms with Gasteiger partial charge in [-0.25, -0.2) is 0 Å². The van der Waals surface area contributed by atoms with Crippen LogP contribution in [0.1, 0.15) is 50.2 Å². The van der Waals surface area contributed by atoms with Crippen molar-refractivity contribution in [3.8, 4) is 5.75 Å².